The van der Waals surface area contributed by atoms with Crippen LogP contribution in [0.1, 0.15) is 42.6 Å². The first-order valence-corrected chi connectivity index (χ1v) is 8.69. The van der Waals surface area contributed by atoms with Crippen LogP contribution in [-0.4, -0.2) is 27.6 Å². The maximum absolute atomic E-state index is 13.9. The summed E-state index contributed by atoms with van der Waals surface area (Å²) in [6.07, 6.45) is -0.00847. The number of benzene rings is 1. The quantitative estimate of drug-likeness (QED) is 0.763. The number of anilines is 1. The molecule has 144 valence electrons. The lowest BCUT2D eigenvalue weighted by Crippen LogP contribution is -2.57. The van der Waals surface area contributed by atoms with Crippen LogP contribution in [0.15, 0.2) is 24.3 Å². The number of aryl methyl sites for hydroxylation is 1. The monoisotopic (exact) mass is 377 g/mol. The molecule has 3 unspecified atom stereocenters. The van der Waals surface area contributed by atoms with Crippen molar-refractivity contribution < 1.29 is 18.4 Å². The Morgan fingerprint density at radius 2 is 2.00 bits per heavy atom. The zero-order valence-corrected chi connectivity index (χ0v) is 15.2. The molecule has 1 aliphatic rings. The smallest absolute Gasteiger partial charge is 0.262 e. The molecule has 7 nitrogen and oxygen atoms in total. The van der Waals surface area contributed by atoms with Crippen molar-refractivity contribution in [3.8, 4) is 0 Å². The zero-order valence-electron chi connectivity index (χ0n) is 15.2. The molecule has 1 aliphatic heterocycles. The number of rotatable bonds is 4. The molecule has 3 rings (SSSR count). The summed E-state index contributed by atoms with van der Waals surface area (Å²) in [5.41, 5.74) is -0.108. The van der Waals surface area contributed by atoms with Gasteiger partial charge in [0.1, 0.15) is 23.0 Å². The van der Waals surface area contributed by atoms with Gasteiger partial charge in [0.2, 0.25) is 5.91 Å². The summed E-state index contributed by atoms with van der Waals surface area (Å²) in [6.45, 7) is 5.53. The average molecular weight is 377 g/mol. The van der Waals surface area contributed by atoms with E-state index in [-0.39, 0.29) is 23.7 Å². The predicted molar refractivity (Wildman–Crippen MR) is 94.8 cm³/mol. The molecule has 0 bridgehead atoms. The normalized spacial score (nSPS) is 22.4. The van der Waals surface area contributed by atoms with Crippen LogP contribution in [0.4, 0.5) is 14.6 Å². The minimum Gasteiger partial charge on any atom is -0.322 e. The Balaban J connectivity index is 1.87. The molecule has 1 saturated heterocycles. The number of hydrogen-bond acceptors (Lipinski definition) is 4. The molecule has 0 saturated carbocycles. The highest BCUT2D eigenvalue weighted by molar-refractivity contribution is 6.04. The van der Waals surface area contributed by atoms with Crippen molar-refractivity contribution in [2.24, 2.45) is 5.92 Å². The number of nitrogens with one attached hydrogen (secondary N) is 3. The van der Waals surface area contributed by atoms with Gasteiger partial charge in [-0.2, -0.15) is 5.10 Å². The second-order valence-electron chi connectivity index (χ2n) is 6.55. The number of nitrogens with zero attached hydrogens (tertiary/aromatic N) is 2. The van der Waals surface area contributed by atoms with Gasteiger partial charge in [0.25, 0.3) is 5.91 Å². The van der Waals surface area contributed by atoms with E-state index in [0.29, 0.717) is 12.1 Å². The highest BCUT2D eigenvalue weighted by Gasteiger charge is 2.34. The highest BCUT2D eigenvalue weighted by Crippen LogP contribution is 2.22. The Bertz CT molecular complexity index is 862. The molecule has 0 spiro atoms. The topological polar surface area (TPSA) is 88.1 Å². The SMILES string of the molecule is CCC1C(=O)NC(n2nc(C)cc2NC(=O)c2c(F)cccc2F)NC1C. The van der Waals surface area contributed by atoms with Gasteiger partial charge in [-0.15, -0.1) is 0 Å². The minimum absolute atomic E-state index is 0.106. The molecule has 2 aromatic rings. The first kappa shape index (κ1) is 19.0. The van der Waals surface area contributed by atoms with E-state index in [1.54, 1.807) is 13.0 Å². The number of halogens is 2. The van der Waals surface area contributed by atoms with Gasteiger partial charge in [-0.3, -0.25) is 14.9 Å². The summed E-state index contributed by atoms with van der Waals surface area (Å²) in [6, 6.07) is 4.65. The van der Waals surface area contributed by atoms with E-state index < -0.39 is 29.4 Å². The maximum atomic E-state index is 13.9. The van der Waals surface area contributed by atoms with Crippen LogP contribution >= 0.6 is 0 Å². The molecular formula is C18H21F2N5O2. The van der Waals surface area contributed by atoms with E-state index >= 15 is 0 Å². The summed E-state index contributed by atoms with van der Waals surface area (Å²) in [5, 5.41) is 12.8. The third kappa shape index (κ3) is 3.68. The van der Waals surface area contributed by atoms with Crippen molar-refractivity contribution in [3.63, 3.8) is 0 Å². The fourth-order valence-electron chi connectivity index (χ4n) is 3.25. The van der Waals surface area contributed by atoms with E-state index in [1.165, 1.54) is 10.7 Å². The Morgan fingerprint density at radius 1 is 1.33 bits per heavy atom. The first-order chi connectivity index (χ1) is 12.8. The fourth-order valence-corrected chi connectivity index (χ4v) is 3.25. The molecule has 1 fully saturated rings. The van der Waals surface area contributed by atoms with Gasteiger partial charge in [0, 0.05) is 12.1 Å². The van der Waals surface area contributed by atoms with Crippen LogP contribution in [0.5, 0.6) is 0 Å². The van der Waals surface area contributed by atoms with E-state index in [1.807, 2.05) is 13.8 Å². The molecule has 1 aromatic carbocycles. The van der Waals surface area contributed by atoms with Gasteiger partial charge < -0.3 is 10.6 Å². The second kappa shape index (κ2) is 7.43. The van der Waals surface area contributed by atoms with E-state index in [9.17, 15) is 18.4 Å². The first-order valence-electron chi connectivity index (χ1n) is 8.69. The lowest BCUT2D eigenvalue weighted by atomic mass is 9.95. The van der Waals surface area contributed by atoms with Crippen LogP contribution in [0.25, 0.3) is 0 Å². The van der Waals surface area contributed by atoms with Gasteiger partial charge in [0.15, 0.2) is 6.29 Å². The number of amides is 2. The molecular weight excluding hydrogens is 356 g/mol. The lowest BCUT2D eigenvalue weighted by Gasteiger charge is -2.35. The van der Waals surface area contributed by atoms with Gasteiger partial charge in [-0.25, -0.2) is 13.5 Å². The summed E-state index contributed by atoms with van der Waals surface area (Å²) < 4.78 is 29.1. The standard InChI is InChI=1S/C18H21F2N5O2/c1-4-11-10(3)21-18(23-16(11)26)25-14(8-9(2)24-25)22-17(27)15-12(19)6-5-7-13(15)20/h5-8,10-11,18,21H,4H2,1-3H3,(H,22,27)(H,23,26). The van der Waals surface area contributed by atoms with Crippen molar-refractivity contribution >= 4 is 17.6 Å². The number of carbonyl (C=O) groups excluding carboxylic acids is 2. The highest BCUT2D eigenvalue weighted by atomic mass is 19.1. The van der Waals surface area contributed by atoms with Crippen molar-refractivity contribution in [1.82, 2.24) is 20.4 Å². The number of hydrogen-bond donors (Lipinski definition) is 3. The average Bonchev–Trinajstić information content (AvgIpc) is 2.94. The molecule has 2 heterocycles. The third-order valence-electron chi connectivity index (χ3n) is 4.61. The molecule has 27 heavy (non-hydrogen) atoms. The molecule has 0 radical (unpaired) electrons. The van der Waals surface area contributed by atoms with E-state index in [4.69, 9.17) is 0 Å². The van der Waals surface area contributed by atoms with Crippen molar-refractivity contribution in [2.75, 3.05) is 5.32 Å². The van der Waals surface area contributed by atoms with Gasteiger partial charge in [-0.1, -0.05) is 13.0 Å². The molecule has 0 aliphatic carbocycles. The Morgan fingerprint density at radius 3 is 2.59 bits per heavy atom. The fraction of sp³-hybridized carbons (Fsp3) is 0.389. The Labute approximate surface area is 155 Å². The largest absolute Gasteiger partial charge is 0.322 e. The Hall–Kier alpha value is -2.81. The predicted octanol–water partition coefficient (Wildman–Crippen LogP) is 2.31. The summed E-state index contributed by atoms with van der Waals surface area (Å²) >= 11 is 0. The van der Waals surface area contributed by atoms with Gasteiger partial charge in [-0.05, 0) is 32.4 Å². The number of aromatic nitrogens is 2. The van der Waals surface area contributed by atoms with Crippen molar-refractivity contribution in [3.05, 3.63) is 47.2 Å². The molecule has 3 atom stereocenters. The van der Waals surface area contributed by atoms with E-state index in [2.05, 4.69) is 21.0 Å². The summed E-state index contributed by atoms with van der Waals surface area (Å²) in [5.74, 6) is -2.95. The second-order valence-corrected chi connectivity index (χ2v) is 6.55. The van der Waals surface area contributed by atoms with Crippen LogP contribution in [-0.2, 0) is 4.79 Å². The zero-order chi connectivity index (χ0) is 19.7. The maximum Gasteiger partial charge on any atom is 0.262 e. The van der Waals surface area contributed by atoms with Crippen LogP contribution < -0.4 is 16.0 Å². The molecule has 1 aromatic heterocycles. The molecule has 9 heteroatoms. The van der Waals surface area contributed by atoms with Crippen LogP contribution in [0, 0.1) is 24.5 Å². The number of carbonyl (C=O) groups is 2. The molecule has 3 N–H and O–H groups in total. The van der Waals surface area contributed by atoms with Crippen molar-refractivity contribution in [1.29, 1.82) is 0 Å². The van der Waals surface area contributed by atoms with Crippen molar-refractivity contribution in [2.45, 2.75) is 39.5 Å². The van der Waals surface area contributed by atoms with Gasteiger partial charge >= 0.3 is 0 Å². The van der Waals surface area contributed by atoms with Crippen LogP contribution in [0.2, 0.25) is 0 Å². The van der Waals surface area contributed by atoms with E-state index in [0.717, 1.165) is 12.1 Å². The third-order valence-corrected chi connectivity index (χ3v) is 4.61. The molecule has 2 amide bonds. The van der Waals surface area contributed by atoms with Crippen LogP contribution in [0.3, 0.4) is 0 Å². The minimum atomic E-state index is -0.959. The Kier molecular flexibility index (Phi) is 5.22. The summed E-state index contributed by atoms with van der Waals surface area (Å²) in [4.78, 5) is 24.7. The lowest BCUT2D eigenvalue weighted by molar-refractivity contribution is -0.130. The van der Waals surface area contributed by atoms with Gasteiger partial charge in [0.05, 0.1) is 11.6 Å². The summed E-state index contributed by atoms with van der Waals surface area (Å²) in [7, 11) is 0.